The summed E-state index contributed by atoms with van der Waals surface area (Å²) in [6.45, 7) is 10.2. The minimum atomic E-state index is -0.823. The molecule has 0 aliphatic carbocycles. The molecule has 2 aliphatic rings. The van der Waals surface area contributed by atoms with E-state index in [0.29, 0.717) is 5.92 Å². The van der Waals surface area contributed by atoms with Gasteiger partial charge in [-0.2, -0.15) is 0 Å². The minimum absolute atomic E-state index is 0.170. The van der Waals surface area contributed by atoms with E-state index in [1.807, 2.05) is 19.9 Å². The molecule has 0 aromatic heterocycles. The minimum Gasteiger partial charge on any atom is -0.387 e. The third-order valence-corrected chi connectivity index (χ3v) is 5.72. The Bertz CT molecular complexity index is 473. The molecule has 0 radical (unpaired) electrons. The summed E-state index contributed by atoms with van der Waals surface area (Å²) in [7, 11) is 0. The first-order chi connectivity index (χ1) is 10.6. The predicted molar refractivity (Wildman–Crippen MR) is 94.3 cm³/mol. The highest BCUT2D eigenvalue weighted by Crippen LogP contribution is 2.42. The van der Waals surface area contributed by atoms with Crippen LogP contribution in [0.4, 0.5) is 0 Å². The highest BCUT2D eigenvalue weighted by atomic mass is 16.5. The van der Waals surface area contributed by atoms with E-state index in [4.69, 9.17) is 4.74 Å². The van der Waals surface area contributed by atoms with Crippen molar-refractivity contribution in [1.29, 1.82) is 0 Å². The fourth-order valence-corrected chi connectivity index (χ4v) is 3.65. The van der Waals surface area contributed by atoms with Crippen molar-refractivity contribution in [2.24, 2.45) is 5.92 Å². The van der Waals surface area contributed by atoms with Crippen LogP contribution in [0.1, 0.15) is 73.1 Å². The summed E-state index contributed by atoms with van der Waals surface area (Å²) in [6.07, 6.45) is 10.9. The molecule has 0 spiro atoms. The zero-order valence-corrected chi connectivity index (χ0v) is 15.4. The van der Waals surface area contributed by atoms with Gasteiger partial charge in [0, 0.05) is 0 Å². The topological polar surface area (TPSA) is 49.7 Å². The van der Waals surface area contributed by atoms with Gasteiger partial charge in [-0.05, 0) is 65.2 Å². The highest BCUT2D eigenvalue weighted by Gasteiger charge is 2.47. The Balaban J connectivity index is 2.37. The number of hydrogen-bond acceptors (Lipinski definition) is 3. The lowest BCUT2D eigenvalue weighted by Crippen LogP contribution is -2.55. The lowest BCUT2D eigenvalue weighted by molar-refractivity contribution is -0.210. The second kappa shape index (κ2) is 6.70. The molecule has 23 heavy (non-hydrogen) atoms. The van der Waals surface area contributed by atoms with Gasteiger partial charge in [0.1, 0.15) is 0 Å². The maximum Gasteiger partial charge on any atom is 0.0892 e. The van der Waals surface area contributed by atoms with Crippen LogP contribution in [-0.2, 0) is 4.74 Å². The molecule has 2 heterocycles. The van der Waals surface area contributed by atoms with Crippen LogP contribution in [0, 0.1) is 5.92 Å². The summed E-state index contributed by atoms with van der Waals surface area (Å²) in [5, 5.41) is 21.4. The van der Waals surface area contributed by atoms with Crippen molar-refractivity contribution in [2.45, 2.75) is 96.1 Å². The van der Waals surface area contributed by atoms with Gasteiger partial charge in [-0.25, -0.2) is 0 Å². The second-order valence-electron chi connectivity index (χ2n) is 8.39. The SMILES string of the molecule is C/C1=C\CC[C@](C)(O)/C=C/[C@@]2(C(C)C)CC[C@](C)(O)[C@H](CC1)O2. The van der Waals surface area contributed by atoms with Crippen LogP contribution >= 0.6 is 0 Å². The third kappa shape index (κ3) is 4.46. The van der Waals surface area contributed by atoms with Gasteiger partial charge in [-0.15, -0.1) is 0 Å². The first-order valence-electron chi connectivity index (χ1n) is 9.05. The van der Waals surface area contributed by atoms with Crippen LogP contribution in [0.25, 0.3) is 0 Å². The van der Waals surface area contributed by atoms with Crippen LogP contribution in [0.5, 0.6) is 0 Å². The summed E-state index contributed by atoms with van der Waals surface area (Å²) in [5.41, 5.74) is -0.686. The first kappa shape index (κ1) is 18.7. The van der Waals surface area contributed by atoms with Gasteiger partial charge >= 0.3 is 0 Å². The third-order valence-electron chi connectivity index (χ3n) is 5.72. The molecule has 2 bridgehead atoms. The molecule has 2 aliphatic heterocycles. The molecule has 4 atom stereocenters. The lowest BCUT2D eigenvalue weighted by atomic mass is 9.75. The van der Waals surface area contributed by atoms with Crippen LogP contribution in [0.3, 0.4) is 0 Å². The Morgan fingerprint density at radius 3 is 2.48 bits per heavy atom. The monoisotopic (exact) mass is 322 g/mol. The van der Waals surface area contributed by atoms with E-state index in [2.05, 4.69) is 32.9 Å². The van der Waals surface area contributed by atoms with E-state index < -0.39 is 16.8 Å². The molecule has 0 aromatic rings. The van der Waals surface area contributed by atoms with Gasteiger partial charge in [0.05, 0.1) is 22.9 Å². The van der Waals surface area contributed by atoms with Crippen LogP contribution < -0.4 is 0 Å². The highest BCUT2D eigenvalue weighted by molar-refractivity contribution is 5.14. The molecular weight excluding hydrogens is 288 g/mol. The molecule has 0 saturated carbocycles. The van der Waals surface area contributed by atoms with E-state index >= 15 is 0 Å². The number of allylic oxidation sites excluding steroid dienone is 2. The van der Waals surface area contributed by atoms with Crippen molar-refractivity contribution < 1.29 is 14.9 Å². The normalized spacial score (nSPS) is 46.4. The Hall–Kier alpha value is -0.640. The average Bonchev–Trinajstić information content (AvgIpc) is 2.43. The molecule has 2 N–H and O–H groups in total. The maximum atomic E-state index is 10.8. The molecule has 0 amide bonds. The lowest BCUT2D eigenvalue weighted by Gasteiger charge is -2.49. The number of fused-ring (bicyclic) bond motifs is 2. The number of ether oxygens (including phenoxy) is 1. The molecule has 3 heteroatoms. The average molecular weight is 322 g/mol. The predicted octanol–water partition coefficient (Wildman–Crippen LogP) is 4.14. The molecule has 3 nitrogen and oxygen atoms in total. The second-order valence-corrected chi connectivity index (χ2v) is 8.39. The van der Waals surface area contributed by atoms with Gasteiger partial charge in [-0.3, -0.25) is 0 Å². The maximum absolute atomic E-state index is 10.8. The van der Waals surface area contributed by atoms with Gasteiger partial charge in [0.2, 0.25) is 0 Å². The first-order valence-corrected chi connectivity index (χ1v) is 9.05. The van der Waals surface area contributed by atoms with E-state index in [9.17, 15) is 10.2 Å². The zero-order chi connectivity index (χ0) is 17.3. The number of rotatable bonds is 1. The molecule has 0 aromatic carbocycles. The van der Waals surface area contributed by atoms with Gasteiger partial charge in [0.15, 0.2) is 0 Å². The van der Waals surface area contributed by atoms with E-state index in [-0.39, 0.29) is 6.10 Å². The van der Waals surface area contributed by atoms with Crippen molar-refractivity contribution in [1.82, 2.24) is 0 Å². The molecule has 0 unspecified atom stereocenters. The van der Waals surface area contributed by atoms with Crippen LogP contribution in [-0.4, -0.2) is 33.1 Å². The van der Waals surface area contributed by atoms with E-state index in [1.54, 1.807) is 0 Å². The number of aliphatic hydroxyl groups is 2. The van der Waals surface area contributed by atoms with Crippen molar-refractivity contribution in [3.63, 3.8) is 0 Å². The summed E-state index contributed by atoms with van der Waals surface area (Å²) in [4.78, 5) is 0. The Morgan fingerprint density at radius 2 is 1.83 bits per heavy atom. The fourth-order valence-electron chi connectivity index (χ4n) is 3.65. The van der Waals surface area contributed by atoms with Crippen LogP contribution in [0.2, 0.25) is 0 Å². The van der Waals surface area contributed by atoms with Crippen molar-refractivity contribution in [3.8, 4) is 0 Å². The van der Waals surface area contributed by atoms with Gasteiger partial charge in [-0.1, -0.05) is 37.6 Å². The fraction of sp³-hybridized carbons (Fsp3) is 0.800. The smallest absolute Gasteiger partial charge is 0.0892 e. The Labute approximate surface area is 141 Å². The zero-order valence-electron chi connectivity index (χ0n) is 15.4. The number of hydrogen-bond donors (Lipinski definition) is 2. The van der Waals surface area contributed by atoms with E-state index in [1.165, 1.54) is 5.57 Å². The molecule has 1 fully saturated rings. The standard InChI is InChI=1S/C20H34O3/c1-15(2)20-13-11-18(4,21)10-6-7-16(3)8-9-17(23-20)19(5,22)12-14-20/h7,11,13,15,17,21-22H,6,8-10,12,14H2,1-5H3/b13-11+,16-7+/t17-,18-,19-,20-/m0/s1. The van der Waals surface area contributed by atoms with Crippen LogP contribution in [0.15, 0.2) is 23.8 Å². The van der Waals surface area contributed by atoms with Crippen molar-refractivity contribution in [2.75, 3.05) is 0 Å². The molecule has 132 valence electrons. The van der Waals surface area contributed by atoms with Crippen molar-refractivity contribution >= 4 is 0 Å². The molecular formula is C20H34O3. The van der Waals surface area contributed by atoms with E-state index in [0.717, 1.165) is 38.5 Å². The Kier molecular flexibility index (Phi) is 5.44. The summed E-state index contributed by atoms with van der Waals surface area (Å²) >= 11 is 0. The summed E-state index contributed by atoms with van der Waals surface area (Å²) in [6, 6.07) is 0. The summed E-state index contributed by atoms with van der Waals surface area (Å²) < 4.78 is 6.49. The molecule has 1 saturated heterocycles. The quantitative estimate of drug-likeness (QED) is 0.713. The van der Waals surface area contributed by atoms with Crippen molar-refractivity contribution in [3.05, 3.63) is 23.8 Å². The summed E-state index contributed by atoms with van der Waals surface area (Å²) in [5.74, 6) is 0.299. The van der Waals surface area contributed by atoms with Gasteiger partial charge in [0.25, 0.3) is 0 Å². The Morgan fingerprint density at radius 1 is 1.13 bits per heavy atom. The largest absolute Gasteiger partial charge is 0.387 e. The molecule has 2 rings (SSSR count). The van der Waals surface area contributed by atoms with Gasteiger partial charge < -0.3 is 14.9 Å².